The van der Waals surface area contributed by atoms with E-state index in [0.29, 0.717) is 0 Å². The first-order chi connectivity index (χ1) is 9.94. The SMILES string of the molecule is COC(=O)c1cccc(S(=O)(=O)NC2CCCNC2C)c1.Cl. The van der Waals surface area contributed by atoms with E-state index in [9.17, 15) is 13.2 Å². The number of rotatable bonds is 4. The largest absolute Gasteiger partial charge is 0.465 e. The van der Waals surface area contributed by atoms with Crippen molar-refractivity contribution in [1.82, 2.24) is 10.0 Å². The molecule has 1 fully saturated rings. The van der Waals surface area contributed by atoms with E-state index < -0.39 is 16.0 Å². The summed E-state index contributed by atoms with van der Waals surface area (Å²) in [5.74, 6) is -0.556. The molecule has 22 heavy (non-hydrogen) atoms. The third-order valence-electron chi connectivity index (χ3n) is 3.63. The van der Waals surface area contributed by atoms with E-state index in [1.54, 1.807) is 0 Å². The molecule has 6 nitrogen and oxygen atoms in total. The van der Waals surface area contributed by atoms with Crippen LogP contribution in [0.2, 0.25) is 0 Å². The van der Waals surface area contributed by atoms with Gasteiger partial charge in [0.1, 0.15) is 0 Å². The Hall–Kier alpha value is -1.15. The third kappa shape index (κ3) is 4.42. The zero-order valence-electron chi connectivity index (χ0n) is 12.5. The lowest BCUT2D eigenvalue weighted by Gasteiger charge is -2.30. The Morgan fingerprint density at radius 1 is 1.41 bits per heavy atom. The average molecular weight is 349 g/mol. The molecule has 1 heterocycles. The molecule has 2 atom stereocenters. The molecule has 124 valence electrons. The van der Waals surface area contributed by atoms with E-state index in [-0.39, 0.29) is 34.9 Å². The summed E-state index contributed by atoms with van der Waals surface area (Å²) in [6.07, 6.45) is 1.73. The van der Waals surface area contributed by atoms with Crippen molar-refractivity contribution < 1.29 is 17.9 Å². The molecule has 1 saturated heterocycles. The van der Waals surface area contributed by atoms with Gasteiger partial charge in [-0.05, 0) is 44.5 Å². The Balaban J connectivity index is 0.00000242. The second-order valence-corrected chi connectivity index (χ2v) is 6.85. The van der Waals surface area contributed by atoms with Gasteiger partial charge in [0.2, 0.25) is 10.0 Å². The quantitative estimate of drug-likeness (QED) is 0.801. The van der Waals surface area contributed by atoms with Crippen LogP contribution in [0, 0.1) is 0 Å². The highest BCUT2D eigenvalue weighted by Gasteiger charge is 2.26. The van der Waals surface area contributed by atoms with Gasteiger partial charge in [0.05, 0.1) is 17.6 Å². The molecule has 0 spiro atoms. The molecule has 0 aromatic heterocycles. The highest BCUT2D eigenvalue weighted by atomic mass is 35.5. The summed E-state index contributed by atoms with van der Waals surface area (Å²) < 4.78 is 32.1. The molecule has 2 unspecified atom stereocenters. The van der Waals surface area contributed by atoms with Crippen LogP contribution in [0.5, 0.6) is 0 Å². The molecular weight excluding hydrogens is 328 g/mol. The topological polar surface area (TPSA) is 84.5 Å². The third-order valence-corrected chi connectivity index (χ3v) is 5.12. The van der Waals surface area contributed by atoms with E-state index >= 15 is 0 Å². The maximum atomic E-state index is 12.4. The summed E-state index contributed by atoms with van der Waals surface area (Å²) in [5, 5.41) is 3.24. The van der Waals surface area contributed by atoms with Crippen molar-refractivity contribution in [3.63, 3.8) is 0 Å². The number of methoxy groups -OCH3 is 1. The first-order valence-electron chi connectivity index (χ1n) is 6.88. The van der Waals surface area contributed by atoms with Gasteiger partial charge in [-0.25, -0.2) is 17.9 Å². The van der Waals surface area contributed by atoms with Gasteiger partial charge in [-0.15, -0.1) is 12.4 Å². The smallest absolute Gasteiger partial charge is 0.337 e. The predicted molar refractivity (Wildman–Crippen MR) is 85.8 cm³/mol. The molecule has 0 aliphatic carbocycles. The van der Waals surface area contributed by atoms with Gasteiger partial charge >= 0.3 is 5.97 Å². The number of esters is 1. The first kappa shape index (κ1) is 18.9. The Morgan fingerprint density at radius 2 is 2.14 bits per heavy atom. The summed E-state index contributed by atoms with van der Waals surface area (Å²) in [6.45, 7) is 2.86. The lowest BCUT2D eigenvalue weighted by atomic mass is 10.0. The number of sulfonamides is 1. The summed E-state index contributed by atoms with van der Waals surface area (Å²) in [5.41, 5.74) is 0.218. The van der Waals surface area contributed by atoms with Crippen LogP contribution in [0.1, 0.15) is 30.1 Å². The monoisotopic (exact) mass is 348 g/mol. The van der Waals surface area contributed by atoms with E-state index in [2.05, 4.69) is 14.8 Å². The van der Waals surface area contributed by atoms with Gasteiger partial charge in [-0.2, -0.15) is 0 Å². The minimum absolute atomic E-state index is 0. The molecule has 1 aliphatic rings. The summed E-state index contributed by atoms with van der Waals surface area (Å²) in [4.78, 5) is 11.6. The predicted octanol–water partition coefficient (Wildman–Crippen LogP) is 1.31. The summed E-state index contributed by atoms with van der Waals surface area (Å²) in [6, 6.07) is 5.78. The fraction of sp³-hybridized carbons (Fsp3) is 0.500. The number of benzene rings is 1. The van der Waals surface area contributed by atoms with E-state index in [1.165, 1.54) is 31.4 Å². The maximum Gasteiger partial charge on any atom is 0.337 e. The van der Waals surface area contributed by atoms with Crippen molar-refractivity contribution in [2.45, 2.75) is 36.7 Å². The first-order valence-corrected chi connectivity index (χ1v) is 8.36. The number of carbonyl (C=O) groups excluding carboxylic acids is 1. The summed E-state index contributed by atoms with van der Waals surface area (Å²) in [7, 11) is -2.39. The van der Waals surface area contributed by atoms with Crippen molar-refractivity contribution in [2.75, 3.05) is 13.7 Å². The lowest BCUT2D eigenvalue weighted by Crippen LogP contribution is -2.51. The molecule has 0 saturated carbocycles. The molecule has 2 N–H and O–H groups in total. The standard InChI is InChI=1S/C14H20N2O4S.ClH/c1-10-13(7-4-8-15-10)16-21(18,19)12-6-3-5-11(9-12)14(17)20-2;/h3,5-6,9-10,13,15-16H,4,7-8H2,1-2H3;1H. The molecule has 1 aliphatic heterocycles. The molecule has 1 aromatic carbocycles. The van der Waals surface area contributed by atoms with Crippen molar-refractivity contribution >= 4 is 28.4 Å². The average Bonchev–Trinajstić information content (AvgIpc) is 2.49. The summed E-state index contributed by atoms with van der Waals surface area (Å²) >= 11 is 0. The minimum Gasteiger partial charge on any atom is -0.465 e. The second-order valence-electron chi connectivity index (χ2n) is 5.13. The Morgan fingerprint density at radius 3 is 2.77 bits per heavy atom. The lowest BCUT2D eigenvalue weighted by molar-refractivity contribution is 0.0600. The zero-order valence-corrected chi connectivity index (χ0v) is 14.2. The number of halogens is 1. The molecule has 8 heteroatoms. The number of hydrogen-bond donors (Lipinski definition) is 2. The van der Waals surface area contributed by atoms with Crippen LogP contribution in [-0.4, -0.2) is 40.1 Å². The molecule has 0 radical (unpaired) electrons. The minimum atomic E-state index is -3.65. The van der Waals surface area contributed by atoms with Gasteiger partial charge in [0.25, 0.3) is 0 Å². The maximum absolute atomic E-state index is 12.4. The zero-order chi connectivity index (χ0) is 15.5. The van der Waals surface area contributed by atoms with Crippen molar-refractivity contribution in [3.05, 3.63) is 29.8 Å². The van der Waals surface area contributed by atoms with E-state index in [0.717, 1.165) is 19.4 Å². The molecule has 0 bridgehead atoms. The number of carbonyl (C=O) groups is 1. The Kier molecular flexibility index (Phi) is 6.80. The Labute approximate surface area is 137 Å². The number of piperidine rings is 1. The highest BCUT2D eigenvalue weighted by Crippen LogP contribution is 2.16. The number of nitrogens with one attached hydrogen (secondary N) is 2. The second kappa shape index (κ2) is 7.92. The molecule has 1 aromatic rings. The van der Waals surface area contributed by atoms with Crippen LogP contribution < -0.4 is 10.0 Å². The van der Waals surface area contributed by atoms with Gasteiger partial charge in [-0.1, -0.05) is 6.07 Å². The van der Waals surface area contributed by atoms with Gasteiger partial charge < -0.3 is 10.1 Å². The van der Waals surface area contributed by atoms with Crippen LogP contribution in [0.25, 0.3) is 0 Å². The van der Waals surface area contributed by atoms with Gasteiger partial charge in [0, 0.05) is 12.1 Å². The van der Waals surface area contributed by atoms with Gasteiger partial charge in [0.15, 0.2) is 0 Å². The number of hydrogen-bond acceptors (Lipinski definition) is 5. The van der Waals surface area contributed by atoms with Crippen LogP contribution in [0.15, 0.2) is 29.2 Å². The fourth-order valence-corrected chi connectivity index (χ4v) is 3.78. The van der Waals surface area contributed by atoms with E-state index in [4.69, 9.17) is 0 Å². The van der Waals surface area contributed by atoms with E-state index in [1.807, 2.05) is 6.92 Å². The van der Waals surface area contributed by atoms with Gasteiger partial charge in [-0.3, -0.25) is 0 Å². The molecule has 0 amide bonds. The van der Waals surface area contributed by atoms with Crippen molar-refractivity contribution in [2.24, 2.45) is 0 Å². The van der Waals surface area contributed by atoms with Crippen LogP contribution >= 0.6 is 12.4 Å². The van der Waals surface area contributed by atoms with Crippen LogP contribution in [-0.2, 0) is 14.8 Å². The normalized spacial score (nSPS) is 21.7. The van der Waals surface area contributed by atoms with Crippen molar-refractivity contribution in [1.29, 1.82) is 0 Å². The molecular formula is C14H21ClN2O4S. The molecule has 2 rings (SSSR count). The fourth-order valence-electron chi connectivity index (χ4n) is 2.38. The van der Waals surface area contributed by atoms with Crippen LogP contribution in [0.4, 0.5) is 0 Å². The van der Waals surface area contributed by atoms with Crippen molar-refractivity contribution in [3.8, 4) is 0 Å². The highest BCUT2D eigenvalue weighted by molar-refractivity contribution is 7.89. The number of ether oxygens (including phenoxy) is 1. The Bertz CT molecular complexity index is 621. The van der Waals surface area contributed by atoms with Crippen LogP contribution in [0.3, 0.4) is 0 Å².